The standard InChI is InChI=1S/C10H16N2O/c1-3-4-5-8-13-10-11-7-6-9(2)12-10/h6-7H,3-5,8H2,1-2H3. The summed E-state index contributed by atoms with van der Waals surface area (Å²) in [5.74, 6) is 0. The summed E-state index contributed by atoms with van der Waals surface area (Å²) < 4.78 is 5.37. The van der Waals surface area contributed by atoms with Gasteiger partial charge in [0, 0.05) is 11.9 Å². The molecular weight excluding hydrogens is 164 g/mol. The van der Waals surface area contributed by atoms with Crippen molar-refractivity contribution in [1.29, 1.82) is 0 Å². The molecule has 0 aliphatic rings. The van der Waals surface area contributed by atoms with E-state index in [1.165, 1.54) is 12.8 Å². The van der Waals surface area contributed by atoms with Crippen LogP contribution in [0.2, 0.25) is 0 Å². The zero-order valence-corrected chi connectivity index (χ0v) is 8.29. The molecule has 13 heavy (non-hydrogen) atoms. The Morgan fingerprint density at radius 3 is 2.92 bits per heavy atom. The minimum Gasteiger partial charge on any atom is -0.463 e. The molecule has 0 aliphatic carbocycles. The van der Waals surface area contributed by atoms with Gasteiger partial charge in [-0.2, -0.15) is 0 Å². The Morgan fingerprint density at radius 1 is 1.38 bits per heavy atom. The van der Waals surface area contributed by atoms with Gasteiger partial charge in [0.25, 0.3) is 0 Å². The Labute approximate surface area is 79.2 Å². The molecule has 0 radical (unpaired) electrons. The smallest absolute Gasteiger partial charge is 0.316 e. The predicted molar refractivity (Wildman–Crippen MR) is 51.8 cm³/mol. The zero-order valence-electron chi connectivity index (χ0n) is 8.29. The maximum atomic E-state index is 5.37. The maximum Gasteiger partial charge on any atom is 0.316 e. The predicted octanol–water partition coefficient (Wildman–Crippen LogP) is 2.35. The summed E-state index contributed by atoms with van der Waals surface area (Å²) in [5.41, 5.74) is 0.945. The second kappa shape index (κ2) is 5.51. The molecule has 0 N–H and O–H groups in total. The van der Waals surface area contributed by atoms with Gasteiger partial charge in [-0.25, -0.2) is 9.97 Å². The number of unbranched alkanes of at least 4 members (excludes halogenated alkanes) is 2. The van der Waals surface area contributed by atoms with Crippen molar-refractivity contribution in [2.75, 3.05) is 6.61 Å². The van der Waals surface area contributed by atoms with Crippen LogP contribution in [-0.2, 0) is 0 Å². The Balaban J connectivity index is 2.28. The Hall–Kier alpha value is -1.12. The molecule has 0 amide bonds. The van der Waals surface area contributed by atoms with Gasteiger partial charge in [0.05, 0.1) is 6.61 Å². The molecule has 0 fully saturated rings. The van der Waals surface area contributed by atoms with Crippen molar-refractivity contribution in [3.8, 4) is 6.01 Å². The Morgan fingerprint density at radius 2 is 2.23 bits per heavy atom. The van der Waals surface area contributed by atoms with E-state index < -0.39 is 0 Å². The molecular formula is C10H16N2O. The van der Waals surface area contributed by atoms with Crippen molar-refractivity contribution >= 4 is 0 Å². The van der Waals surface area contributed by atoms with Gasteiger partial charge in [-0.05, 0) is 19.4 Å². The van der Waals surface area contributed by atoms with Gasteiger partial charge >= 0.3 is 6.01 Å². The quantitative estimate of drug-likeness (QED) is 0.652. The Kier molecular flexibility index (Phi) is 4.23. The van der Waals surface area contributed by atoms with Crippen molar-refractivity contribution in [1.82, 2.24) is 9.97 Å². The lowest BCUT2D eigenvalue weighted by Gasteiger charge is -2.03. The van der Waals surface area contributed by atoms with Crippen LogP contribution in [0.1, 0.15) is 31.9 Å². The van der Waals surface area contributed by atoms with E-state index in [4.69, 9.17) is 4.74 Å². The summed E-state index contributed by atoms with van der Waals surface area (Å²) in [6, 6.07) is 2.36. The van der Waals surface area contributed by atoms with Crippen LogP contribution in [0.3, 0.4) is 0 Å². The second-order valence-electron chi connectivity index (χ2n) is 3.04. The molecule has 0 bridgehead atoms. The first-order valence-corrected chi connectivity index (χ1v) is 4.75. The fraction of sp³-hybridized carbons (Fsp3) is 0.600. The van der Waals surface area contributed by atoms with E-state index in [1.54, 1.807) is 6.20 Å². The molecule has 72 valence electrons. The number of ether oxygens (including phenoxy) is 1. The first-order valence-electron chi connectivity index (χ1n) is 4.75. The second-order valence-corrected chi connectivity index (χ2v) is 3.04. The van der Waals surface area contributed by atoms with Crippen LogP contribution in [0.15, 0.2) is 12.3 Å². The molecule has 0 unspecified atom stereocenters. The van der Waals surface area contributed by atoms with Gasteiger partial charge in [-0.15, -0.1) is 0 Å². The van der Waals surface area contributed by atoms with Crippen LogP contribution in [0.25, 0.3) is 0 Å². The molecule has 0 saturated heterocycles. The van der Waals surface area contributed by atoms with Crippen molar-refractivity contribution in [2.45, 2.75) is 33.1 Å². The molecule has 1 heterocycles. The molecule has 1 aromatic heterocycles. The SMILES string of the molecule is CCCCCOc1nccc(C)n1. The summed E-state index contributed by atoms with van der Waals surface area (Å²) >= 11 is 0. The van der Waals surface area contributed by atoms with Gasteiger partial charge in [-0.1, -0.05) is 19.8 Å². The van der Waals surface area contributed by atoms with Crippen LogP contribution < -0.4 is 4.74 Å². The largest absolute Gasteiger partial charge is 0.463 e. The van der Waals surface area contributed by atoms with E-state index in [0.717, 1.165) is 18.7 Å². The third kappa shape index (κ3) is 3.87. The monoisotopic (exact) mass is 180 g/mol. The van der Waals surface area contributed by atoms with Gasteiger partial charge < -0.3 is 4.74 Å². The first kappa shape index (κ1) is 9.96. The summed E-state index contributed by atoms with van der Waals surface area (Å²) in [4.78, 5) is 8.14. The summed E-state index contributed by atoms with van der Waals surface area (Å²) in [6.45, 7) is 4.82. The van der Waals surface area contributed by atoms with Gasteiger partial charge in [0.1, 0.15) is 0 Å². The molecule has 0 spiro atoms. The minimum atomic E-state index is 0.496. The van der Waals surface area contributed by atoms with Gasteiger partial charge in [0.2, 0.25) is 0 Å². The maximum absolute atomic E-state index is 5.37. The van der Waals surface area contributed by atoms with Crippen molar-refractivity contribution in [3.05, 3.63) is 18.0 Å². The topological polar surface area (TPSA) is 35.0 Å². The lowest BCUT2D eigenvalue weighted by molar-refractivity contribution is 0.282. The average Bonchev–Trinajstić information content (AvgIpc) is 2.13. The summed E-state index contributed by atoms with van der Waals surface area (Å²) in [6.07, 6.45) is 5.20. The van der Waals surface area contributed by atoms with Crippen LogP contribution in [0.5, 0.6) is 6.01 Å². The number of aromatic nitrogens is 2. The van der Waals surface area contributed by atoms with E-state index in [2.05, 4.69) is 16.9 Å². The molecule has 0 aromatic carbocycles. The van der Waals surface area contributed by atoms with Gasteiger partial charge in [0.15, 0.2) is 0 Å². The van der Waals surface area contributed by atoms with E-state index in [1.807, 2.05) is 13.0 Å². The Bertz CT molecular complexity index is 250. The van der Waals surface area contributed by atoms with Crippen molar-refractivity contribution < 1.29 is 4.74 Å². The molecule has 0 atom stereocenters. The highest BCUT2D eigenvalue weighted by Crippen LogP contribution is 2.03. The highest BCUT2D eigenvalue weighted by Gasteiger charge is 1.95. The molecule has 0 saturated carbocycles. The highest BCUT2D eigenvalue weighted by molar-refractivity contribution is 5.02. The molecule has 0 aliphatic heterocycles. The number of hydrogen-bond donors (Lipinski definition) is 0. The summed E-state index contributed by atoms with van der Waals surface area (Å²) in [5, 5.41) is 0. The molecule has 3 nitrogen and oxygen atoms in total. The lowest BCUT2D eigenvalue weighted by Crippen LogP contribution is -2.01. The highest BCUT2D eigenvalue weighted by atomic mass is 16.5. The minimum absolute atomic E-state index is 0.496. The van der Waals surface area contributed by atoms with Crippen LogP contribution >= 0.6 is 0 Å². The number of aryl methyl sites for hydroxylation is 1. The average molecular weight is 180 g/mol. The van der Waals surface area contributed by atoms with E-state index in [0.29, 0.717) is 6.01 Å². The van der Waals surface area contributed by atoms with Crippen molar-refractivity contribution in [2.24, 2.45) is 0 Å². The van der Waals surface area contributed by atoms with Crippen LogP contribution in [-0.4, -0.2) is 16.6 Å². The molecule has 1 rings (SSSR count). The van der Waals surface area contributed by atoms with E-state index in [-0.39, 0.29) is 0 Å². The van der Waals surface area contributed by atoms with Gasteiger partial charge in [-0.3, -0.25) is 0 Å². The molecule has 3 heteroatoms. The van der Waals surface area contributed by atoms with Crippen LogP contribution in [0.4, 0.5) is 0 Å². The lowest BCUT2D eigenvalue weighted by atomic mass is 10.3. The zero-order chi connectivity index (χ0) is 9.52. The number of hydrogen-bond acceptors (Lipinski definition) is 3. The third-order valence-corrected chi connectivity index (χ3v) is 1.75. The number of rotatable bonds is 5. The van der Waals surface area contributed by atoms with E-state index >= 15 is 0 Å². The third-order valence-electron chi connectivity index (χ3n) is 1.75. The normalized spacial score (nSPS) is 10.0. The van der Waals surface area contributed by atoms with Crippen LogP contribution in [0, 0.1) is 6.92 Å². The fourth-order valence-corrected chi connectivity index (χ4v) is 1.01. The van der Waals surface area contributed by atoms with Crippen molar-refractivity contribution in [3.63, 3.8) is 0 Å². The fourth-order valence-electron chi connectivity index (χ4n) is 1.01. The summed E-state index contributed by atoms with van der Waals surface area (Å²) in [7, 11) is 0. The number of nitrogens with zero attached hydrogens (tertiary/aromatic N) is 2. The molecule has 1 aromatic rings. The first-order chi connectivity index (χ1) is 6.33. The van der Waals surface area contributed by atoms with E-state index in [9.17, 15) is 0 Å².